The second-order valence-electron chi connectivity index (χ2n) is 11.7. The Morgan fingerprint density at radius 2 is 1.20 bits per heavy atom. The summed E-state index contributed by atoms with van der Waals surface area (Å²) in [5.41, 5.74) is 2.48. The molecule has 1 heterocycles. The van der Waals surface area contributed by atoms with Crippen LogP contribution in [0.5, 0.6) is 11.5 Å². The molecule has 2 aromatic rings. The molecule has 0 saturated heterocycles. The van der Waals surface area contributed by atoms with Gasteiger partial charge in [0.15, 0.2) is 0 Å². The van der Waals surface area contributed by atoms with Gasteiger partial charge in [0.2, 0.25) is 0 Å². The number of unbranched alkanes of at least 4 members (excludes halogenated alkanes) is 3. The standard InChI is InChI=1S/C22H24ClN2O2.3C4H9.Sn/c1-22(23)12-13-24-21(14-22)25(15-17-4-8-19(26-2)9-5-17)16-18-6-10-20(27-3)11-7-18;3*1-3-4-2;/h4-12H,14-16H2,1-3H3;3*1,3-4H2,2H3;. The van der Waals surface area contributed by atoms with Crippen molar-refractivity contribution in [2.75, 3.05) is 14.2 Å². The SMILES string of the molecule is CCC[CH2][Sn]([CH2]CCC)([CH2]CCC)[C]1=CC(C)(Cl)CC(N(Cc2ccc(OC)cc2)Cc2ccc(OC)cc2)=N1. The second kappa shape index (κ2) is 16.1. The van der Waals surface area contributed by atoms with E-state index in [2.05, 4.69) is 62.9 Å². The zero-order chi connectivity index (χ0) is 29.0. The van der Waals surface area contributed by atoms with Crippen molar-refractivity contribution in [2.45, 2.75) is 104 Å². The van der Waals surface area contributed by atoms with Gasteiger partial charge in [0.1, 0.15) is 0 Å². The molecule has 0 spiro atoms. The Balaban J connectivity index is 2.05. The number of ether oxygens (including phenoxy) is 2. The van der Waals surface area contributed by atoms with E-state index in [1.54, 1.807) is 14.2 Å². The monoisotopic (exact) mass is 674 g/mol. The minimum atomic E-state index is -2.78. The number of allylic oxidation sites excluding steroid dienone is 1. The molecule has 1 unspecified atom stereocenters. The maximum absolute atomic E-state index is 7.32. The van der Waals surface area contributed by atoms with Gasteiger partial charge in [-0.3, -0.25) is 0 Å². The van der Waals surface area contributed by atoms with Crippen LogP contribution in [0.2, 0.25) is 13.3 Å². The Morgan fingerprint density at radius 3 is 1.57 bits per heavy atom. The summed E-state index contributed by atoms with van der Waals surface area (Å²) >= 11 is 4.53. The van der Waals surface area contributed by atoms with E-state index in [1.807, 2.05) is 24.3 Å². The molecule has 0 aromatic heterocycles. The van der Waals surface area contributed by atoms with E-state index >= 15 is 0 Å². The molecule has 2 aromatic carbocycles. The molecule has 1 aliphatic rings. The number of alkyl halides is 1. The Bertz CT molecular complexity index is 1020. The first-order valence-electron chi connectivity index (χ1n) is 15.3. The molecule has 0 saturated carbocycles. The van der Waals surface area contributed by atoms with E-state index in [-0.39, 0.29) is 0 Å². The first-order valence-corrected chi connectivity index (χ1v) is 23.1. The van der Waals surface area contributed by atoms with E-state index in [0.717, 1.165) is 36.8 Å². The van der Waals surface area contributed by atoms with Crippen molar-refractivity contribution in [2.24, 2.45) is 4.99 Å². The molecule has 0 amide bonds. The van der Waals surface area contributed by atoms with E-state index in [1.165, 1.54) is 66.7 Å². The predicted octanol–water partition coefficient (Wildman–Crippen LogP) is 9.78. The number of aliphatic imine (C=N–C) groups is 1. The average molecular weight is 674 g/mol. The van der Waals surface area contributed by atoms with Gasteiger partial charge in [-0.2, -0.15) is 0 Å². The van der Waals surface area contributed by atoms with Crippen molar-refractivity contribution in [3.63, 3.8) is 0 Å². The quantitative estimate of drug-likeness (QED) is 0.131. The second-order valence-corrected chi connectivity index (χ2v) is 25.6. The molecule has 6 heteroatoms. The van der Waals surface area contributed by atoms with Crippen LogP contribution < -0.4 is 9.47 Å². The summed E-state index contributed by atoms with van der Waals surface area (Å²) < 4.78 is 16.4. The normalized spacial score (nSPS) is 17.3. The van der Waals surface area contributed by atoms with Gasteiger partial charge in [0.25, 0.3) is 0 Å². The summed E-state index contributed by atoms with van der Waals surface area (Å²) in [7, 11) is 3.43. The average Bonchev–Trinajstić information content (AvgIpc) is 2.96. The number of hydrogen-bond acceptors (Lipinski definition) is 4. The summed E-state index contributed by atoms with van der Waals surface area (Å²) in [6.07, 6.45) is 10.8. The van der Waals surface area contributed by atoms with E-state index in [0.29, 0.717) is 0 Å². The van der Waals surface area contributed by atoms with Crippen LogP contribution >= 0.6 is 11.6 Å². The molecule has 0 aliphatic carbocycles. The van der Waals surface area contributed by atoms with E-state index in [9.17, 15) is 0 Å². The van der Waals surface area contributed by atoms with Crippen molar-refractivity contribution in [1.29, 1.82) is 0 Å². The van der Waals surface area contributed by atoms with E-state index in [4.69, 9.17) is 26.1 Å². The molecule has 3 rings (SSSR count). The van der Waals surface area contributed by atoms with Crippen molar-refractivity contribution in [1.82, 2.24) is 4.90 Å². The van der Waals surface area contributed by atoms with Gasteiger partial charge in [0.05, 0.1) is 0 Å². The Hall–Kier alpha value is -1.66. The molecule has 220 valence electrons. The van der Waals surface area contributed by atoms with Gasteiger partial charge < -0.3 is 0 Å². The molecule has 0 bridgehead atoms. The summed E-state index contributed by atoms with van der Waals surface area (Å²) in [6.45, 7) is 10.7. The minimum absolute atomic E-state index is 0.419. The van der Waals surface area contributed by atoms with Crippen molar-refractivity contribution < 1.29 is 9.47 Å². The zero-order valence-electron chi connectivity index (χ0n) is 25.8. The topological polar surface area (TPSA) is 34.1 Å². The first-order chi connectivity index (χ1) is 19.3. The van der Waals surface area contributed by atoms with Crippen LogP contribution in [0.25, 0.3) is 0 Å². The van der Waals surface area contributed by atoms with Gasteiger partial charge in [-0.25, -0.2) is 0 Å². The number of halogens is 1. The molecule has 0 fully saturated rings. The summed E-state index contributed by atoms with van der Waals surface area (Å²) in [5.74, 6) is 2.88. The fraction of sp³-hybridized carbons (Fsp3) is 0.559. The van der Waals surface area contributed by atoms with Crippen LogP contribution in [-0.4, -0.2) is 48.2 Å². The van der Waals surface area contributed by atoms with E-state index < -0.39 is 23.3 Å². The zero-order valence-corrected chi connectivity index (χ0v) is 29.4. The fourth-order valence-electron chi connectivity index (χ4n) is 5.76. The molecule has 0 N–H and O–H groups in total. The van der Waals surface area contributed by atoms with Crippen LogP contribution in [0.4, 0.5) is 0 Å². The Kier molecular flexibility index (Phi) is 13.2. The van der Waals surface area contributed by atoms with Gasteiger partial charge in [0, 0.05) is 0 Å². The third-order valence-corrected chi connectivity index (χ3v) is 23.5. The van der Waals surface area contributed by atoms with Crippen LogP contribution in [0.1, 0.15) is 83.8 Å². The van der Waals surface area contributed by atoms with Crippen LogP contribution in [0.3, 0.4) is 0 Å². The van der Waals surface area contributed by atoms with Crippen LogP contribution in [-0.2, 0) is 13.1 Å². The first kappa shape index (κ1) is 32.8. The number of hydrogen-bond donors (Lipinski definition) is 0. The Morgan fingerprint density at radius 1 is 0.775 bits per heavy atom. The van der Waals surface area contributed by atoms with Crippen LogP contribution in [0, 0.1) is 0 Å². The number of amidine groups is 1. The fourth-order valence-corrected chi connectivity index (χ4v) is 22.2. The molecular formula is C34H51ClN2O2Sn. The maximum atomic E-state index is 7.32. The van der Waals surface area contributed by atoms with Gasteiger partial charge >= 0.3 is 254 Å². The predicted molar refractivity (Wildman–Crippen MR) is 175 cm³/mol. The summed E-state index contributed by atoms with van der Waals surface area (Å²) in [5, 5.41) is 0. The molecule has 40 heavy (non-hydrogen) atoms. The molecule has 1 atom stereocenters. The van der Waals surface area contributed by atoms with Crippen molar-refractivity contribution >= 4 is 35.8 Å². The Labute approximate surface area is 253 Å². The van der Waals surface area contributed by atoms with Crippen molar-refractivity contribution in [3.05, 3.63) is 69.4 Å². The molecular weight excluding hydrogens is 623 g/mol. The van der Waals surface area contributed by atoms with Gasteiger partial charge in [-0.1, -0.05) is 0 Å². The number of rotatable bonds is 16. The molecule has 4 nitrogen and oxygen atoms in total. The third kappa shape index (κ3) is 9.44. The third-order valence-electron chi connectivity index (χ3n) is 8.19. The number of nitrogens with zero attached hydrogens (tertiary/aromatic N) is 2. The molecule has 1 aliphatic heterocycles. The molecule has 0 radical (unpaired) electrons. The van der Waals surface area contributed by atoms with Crippen LogP contribution in [0.15, 0.2) is 63.3 Å². The number of benzene rings is 2. The van der Waals surface area contributed by atoms with Crippen molar-refractivity contribution in [3.8, 4) is 11.5 Å². The number of methoxy groups -OCH3 is 2. The summed E-state index contributed by atoms with van der Waals surface area (Å²) in [6, 6.07) is 16.8. The summed E-state index contributed by atoms with van der Waals surface area (Å²) in [4.78, 5) is 7.66. The van der Waals surface area contributed by atoms with Gasteiger partial charge in [-0.05, 0) is 0 Å². The van der Waals surface area contributed by atoms with Gasteiger partial charge in [-0.15, -0.1) is 0 Å².